The highest BCUT2D eigenvalue weighted by molar-refractivity contribution is 8.00. The number of amides is 1. The maximum absolute atomic E-state index is 12.5. The zero-order valence-corrected chi connectivity index (χ0v) is 15.0. The molecule has 0 bridgehead atoms. The molecule has 0 spiro atoms. The molecule has 1 heterocycles. The van der Waals surface area contributed by atoms with Gasteiger partial charge in [-0.05, 0) is 6.07 Å². The third-order valence-corrected chi connectivity index (χ3v) is 4.86. The van der Waals surface area contributed by atoms with Gasteiger partial charge in [0.05, 0.1) is 19.1 Å². The van der Waals surface area contributed by atoms with Gasteiger partial charge in [-0.3, -0.25) is 4.79 Å². The Hall–Kier alpha value is -2.60. The Morgan fingerprint density at radius 1 is 1.16 bits per heavy atom. The monoisotopic (exact) mass is 353 g/mol. The molecule has 0 saturated heterocycles. The summed E-state index contributed by atoms with van der Waals surface area (Å²) in [4.78, 5) is 14.2. The Morgan fingerprint density at radius 2 is 1.92 bits per heavy atom. The average molecular weight is 353 g/mol. The van der Waals surface area contributed by atoms with Crippen LogP contribution in [-0.4, -0.2) is 40.9 Å². The van der Waals surface area contributed by atoms with Gasteiger partial charge in [0, 0.05) is 29.9 Å². The third kappa shape index (κ3) is 4.09. The van der Waals surface area contributed by atoms with E-state index in [2.05, 4.69) is 10.2 Å². The van der Waals surface area contributed by atoms with Crippen molar-refractivity contribution >= 4 is 28.4 Å². The predicted molar refractivity (Wildman–Crippen MR) is 99.7 cm³/mol. The smallest absolute Gasteiger partial charge is 0.233 e. The van der Waals surface area contributed by atoms with E-state index in [0.717, 1.165) is 27.1 Å². The molecule has 0 aliphatic heterocycles. The SMILES string of the molecule is COc1ccccc1CN(C)C(=O)CSc1nncc2ccccc12. The van der Waals surface area contributed by atoms with Gasteiger partial charge in [0.25, 0.3) is 0 Å². The molecule has 3 rings (SSSR count). The van der Waals surface area contributed by atoms with Crippen LogP contribution in [0.25, 0.3) is 10.8 Å². The minimum Gasteiger partial charge on any atom is -0.496 e. The summed E-state index contributed by atoms with van der Waals surface area (Å²) in [6.45, 7) is 0.505. The number of thioether (sulfide) groups is 1. The molecule has 0 unspecified atom stereocenters. The number of carbonyl (C=O) groups excluding carboxylic acids is 1. The first-order valence-electron chi connectivity index (χ1n) is 7.88. The summed E-state index contributed by atoms with van der Waals surface area (Å²) in [7, 11) is 3.43. The fourth-order valence-electron chi connectivity index (χ4n) is 2.53. The van der Waals surface area contributed by atoms with E-state index in [1.807, 2.05) is 48.5 Å². The lowest BCUT2D eigenvalue weighted by Crippen LogP contribution is -2.28. The second kappa shape index (κ2) is 7.98. The maximum atomic E-state index is 12.5. The Bertz CT molecular complexity index is 880. The summed E-state index contributed by atoms with van der Waals surface area (Å²) in [6, 6.07) is 15.6. The summed E-state index contributed by atoms with van der Waals surface area (Å²) in [5, 5.41) is 11.0. The van der Waals surface area contributed by atoms with Crippen LogP contribution in [0.2, 0.25) is 0 Å². The van der Waals surface area contributed by atoms with E-state index in [-0.39, 0.29) is 5.91 Å². The fourth-order valence-corrected chi connectivity index (χ4v) is 3.45. The lowest BCUT2D eigenvalue weighted by molar-refractivity contribution is -0.127. The van der Waals surface area contributed by atoms with Crippen molar-refractivity contribution in [3.8, 4) is 5.75 Å². The highest BCUT2D eigenvalue weighted by atomic mass is 32.2. The Labute approximate surface area is 151 Å². The van der Waals surface area contributed by atoms with E-state index < -0.39 is 0 Å². The molecule has 3 aromatic rings. The van der Waals surface area contributed by atoms with Crippen LogP contribution in [0, 0.1) is 0 Å². The summed E-state index contributed by atoms with van der Waals surface area (Å²) >= 11 is 1.41. The van der Waals surface area contributed by atoms with Gasteiger partial charge in [0.1, 0.15) is 10.8 Å². The zero-order valence-electron chi connectivity index (χ0n) is 14.2. The number of benzene rings is 2. The molecule has 128 valence electrons. The van der Waals surface area contributed by atoms with Crippen LogP contribution in [-0.2, 0) is 11.3 Å². The van der Waals surface area contributed by atoms with Crippen LogP contribution in [0.1, 0.15) is 5.56 Å². The molecule has 6 heteroatoms. The van der Waals surface area contributed by atoms with Crippen molar-refractivity contribution in [2.75, 3.05) is 19.9 Å². The zero-order chi connectivity index (χ0) is 17.6. The number of hydrogen-bond acceptors (Lipinski definition) is 5. The van der Waals surface area contributed by atoms with E-state index in [0.29, 0.717) is 12.3 Å². The van der Waals surface area contributed by atoms with Gasteiger partial charge >= 0.3 is 0 Å². The number of hydrogen-bond donors (Lipinski definition) is 0. The summed E-state index contributed by atoms with van der Waals surface area (Å²) < 4.78 is 5.34. The summed E-state index contributed by atoms with van der Waals surface area (Å²) in [5.74, 6) is 1.13. The Morgan fingerprint density at radius 3 is 2.76 bits per heavy atom. The molecular weight excluding hydrogens is 334 g/mol. The van der Waals surface area contributed by atoms with Gasteiger partial charge in [0.15, 0.2) is 0 Å². The van der Waals surface area contributed by atoms with Gasteiger partial charge in [-0.15, -0.1) is 5.10 Å². The molecule has 0 aliphatic carbocycles. The van der Waals surface area contributed by atoms with Crippen molar-refractivity contribution in [2.24, 2.45) is 0 Å². The Balaban J connectivity index is 1.65. The van der Waals surface area contributed by atoms with Crippen LogP contribution in [0.5, 0.6) is 5.75 Å². The molecule has 1 aromatic heterocycles. The number of fused-ring (bicyclic) bond motifs is 1. The fraction of sp³-hybridized carbons (Fsp3) is 0.211. The third-order valence-electron chi connectivity index (χ3n) is 3.89. The highest BCUT2D eigenvalue weighted by Gasteiger charge is 2.13. The van der Waals surface area contributed by atoms with Crippen molar-refractivity contribution in [3.63, 3.8) is 0 Å². The van der Waals surface area contributed by atoms with Crippen LogP contribution >= 0.6 is 11.8 Å². The molecule has 1 amide bonds. The van der Waals surface area contributed by atoms with Crippen LogP contribution < -0.4 is 4.74 Å². The number of methoxy groups -OCH3 is 1. The van der Waals surface area contributed by atoms with Crippen molar-refractivity contribution < 1.29 is 9.53 Å². The maximum Gasteiger partial charge on any atom is 0.233 e. The quantitative estimate of drug-likeness (QED) is 0.636. The number of rotatable bonds is 6. The number of carbonyl (C=O) groups is 1. The van der Waals surface area contributed by atoms with Gasteiger partial charge < -0.3 is 9.64 Å². The van der Waals surface area contributed by atoms with Gasteiger partial charge in [0.2, 0.25) is 5.91 Å². The second-order valence-corrected chi connectivity index (χ2v) is 6.55. The van der Waals surface area contributed by atoms with Gasteiger partial charge in [-0.2, -0.15) is 5.10 Å². The summed E-state index contributed by atoms with van der Waals surface area (Å²) in [6.07, 6.45) is 1.73. The minimum absolute atomic E-state index is 0.0330. The first kappa shape index (κ1) is 17.2. The predicted octanol–water partition coefficient (Wildman–Crippen LogP) is 3.39. The minimum atomic E-state index is 0.0330. The van der Waals surface area contributed by atoms with E-state index in [1.54, 1.807) is 25.3 Å². The van der Waals surface area contributed by atoms with Crippen molar-refractivity contribution in [1.29, 1.82) is 0 Å². The molecule has 0 aliphatic rings. The molecule has 0 radical (unpaired) electrons. The van der Waals surface area contributed by atoms with Crippen molar-refractivity contribution in [3.05, 3.63) is 60.3 Å². The topological polar surface area (TPSA) is 55.3 Å². The van der Waals surface area contributed by atoms with E-state index >= 15 is 0 Å². The first-order chi connectivity index (χ1) is 12.2. The van der Waals surface area contributed by atoms with Crippen LogP contribution in [0.3, 0.4) is 0 Å². The number of ether oxygens (including phenoxy) is 1. The number of aromatic nitrogens is 2. The number of nitrogens with zero attached hydrogens (tertiary/aromatic N) is 3. The number of para-hydroxylation sites is 1. The highest BCUT2D eigenvalue weighted by Crippen LogP contribution is 2.25. The normalized spacial score (nSPS) is 10.6. The van der Waals surface area contributed by atoms with E-state index in [4.69, 9.17) is 4.74 Å². The molecule has 0 N–H and O–H groups in total. The summed E-state index contributed by atoms with van der Waals surface area (Å²) in [5.41, 5.74) is 0.982. The second-order valence-electron chi connectivity index (χ2n) is 5.59. The first-order valence-corrected chi connectivity index (χ1v) is 8.86. The molecule has 2 aromatic carbocycles. The van der Waals surface area contributed by atoms with Crippen molar-refractivity contribution in [2.45, 2.75) is 11.6 Å². The lowest BCUT2D eigenvalue weighted by Gasteiger charge is -2.18. The van der Waals surface area contributed by atoms with E-state index in [1.165, 1.54) is 11.8 Å². The molecule has 25 heavy (non-hydrogen) atoms. The van der Waals surface area contributed by atoms with Crippen LogP contribution in [0.15, 0.2) is 59.8 Å². The standard InChI is InChI=1S/C19H19N3O2S/c1-22(12-15-8-4-6-10-17(15)24-2)18(23)13-25-19-16-9-5-3-7-14(16)11-20-21-19/h3-11H,12-13H2,1-2H3. The van der Waals surface area contributed by atoms with Crippen LogP contribution in [0.4, 0.5) is 0 Å². The van der Waals surface area contributed by atoms with Gasteiger partial charge in [-0.1, -0.05) is 54.2 Å². The largest absolute Gasteiger partial charge is 0.496 e. The van der Waals surface area contributed by atoms with Gasteiger partial charge in [-0.25, -0.2) is 0 Å². The Kier molecular flexibility index (Phi) is 5.50. The molecular formula is C19H19N3O2S. The van der Waals surface area contributed by atoms with E-state index in [9.17, 15) is 4.79 Å². The van der Waals surface area contributed by atoms with Crippen molar-refractivity contribution in [1.82, 2.24) is 15.1 Å². The molecule has 0 atom stereocenters. The molecule has 5 nitrogen and oxygen atoms in total. The molecule has 0 fully saturated rings. The molecule has 0 saturated carbocycles. The lowest BCUT2D eigenvalue weighted by atomic mass is 10.2. The average Bonchev–Trinajstić information content (AvgIpc) is 2.66.